The summed E-state index contributed by atoms with van der Waals surface area (Å²) in [6.07, 6.45) is 0. The molecule has 1 atom stereocenters. The van der Waals surface area contributed by atoms with Gasteiger partial charge in [0.1, 0.15) is 0 Å². The topological polar surface area (TPSA) is 60.2 Å². The molecule has 1 aromatic rings. The van der Waals surface area contributed by atoms with Gasteiger partial charge in [-0.15, -0.1) is 0 Å². The molecule has 102 valence electrons. The molecule has 0 aliphatic carbocycles. The van der Waals surface area contributed by atoms with E-state index < -0.39 is 9.84 Å². The summed E-state index contributed by atoms with van der Waals surface area (Å²) in [5, 5.41) is 0. The summed E-state index contributed by atoms with van der Waals surface area (Å²) in [4.78, 5) is 0.387. The molecule has 0 bridgehead atoms. The van der Waals surface area contributed by atoms with Gasteiger partial charge in [-0.05, 0) is 42.5 Å². The lowest BCUT2D eigenvalue weighted by molar-refractivity contribution is 0.597. The number of hydrogen-bond acceptors (Lipinski definition) is 4. The molecule has 0 radical (unpaired) electrons. The number of nitrogens with two attached hydrogens (primary N) is 1. The first-order valence-corrected chi connectivity index (χ1v) is 9.32. The molecule has 0 aliphatic heterocycles. The van der Waals surface area contributed by atoms with Crippen molar-refractivity contribution < 1.29 is 8.42 Å². The Hall–Kier alpha value is -0.0400. The monoisotopic (exact) mass is 351 g/mol. The first-order valence-electron chi connectivity index (χ1n) is 5.72. The highest BCUT2D eigenvalue weighted by Gasteiger charge is 2.13. The zero-order chi connectivity index (χ0) is 13.6. The van der Waals surface area contributed by atoms with Crippen LogP contribution in [-0.4, -0.2) is 32.2 Å². The zero-order valence-corrected chi connectivity index (χ0v) is 13.5. The minimum atomic E-state index is -3.15. The molecule has 0 aromatic heterocycles. The fourth-order valence-electron chi connectivity index (χ4n) is 1.28. The Morgan fingerprint density at radius 2 is 1.94 bits per heavy atom. The van der Waals surface area contributed by atoms with E-state index in [-0.39, 0.29) is 5.75 Å². The normalized spacial score (nSPS) is 13.5. The molecule has 0 saturated carbocycles. The molecule has 0 spiro atoms. The van der Waals surface area contributed by atoms with Crippen LogP contribution in [-0.2, 0) is 9.84 Å². The predicted octanol–water partition coefficient (Wildman–Crippen LogP) is 2.55. The molecule has 0 amide bonds. The lowest BCUT2D eigenvalue weighted by Gasteiger charge is -2.08. The third-order valence-corrected chi connectivity index (χ3v) is 6.29. The largest absolute Gasteiger partial charge is 0.330 e. The maximum atomic E-state index is 12.0. The standard InChI is InChI=1S/C12H18BrNO2S2/c1-10(8-14)9-17-6-7-18(15,16)12-4-2-11(13)3-5-12/h2-5,10H,6-9,14H2,1H3. The van der Waals surface area contributed by atoms with Crippen LogP contribution in [0.3, 0.4) is 0 Å². The maximum Gasteiger partial charge on any atom is 0.179 e. The van der Waals surface area contributed by atoms with Crippen LogP contribution in [0.5, 0.6) is 0 Å². The Bertz CT molecular complexity index is 459. The lowest BCUT2D eigenvalue weighted by atomic mass is 10.2. The molecule has 0 fully saturated rings. The van der Waals surface area contributed by atoms with Gasteiger partial charge in [-0.3, -0.25) is 0 Å². The van der Waals surface area contributed by atoms with Crippen molar-refractivity contribution in [2.75, 3.05) is 23.8 Å². The Labute approximate surface area is 122 Å². The summed E-state index contributed by atoms with van der Waals surface area (Å²) >= 11 is 4.93. The fourth-order valence-corrected chi connectivity index (χ4v) is 4.39. The van der Waals surface area contributed by atoms with E-state index in [1.807, 2.05) is 0 Å². The van der Waals surface area contributed by atoms with E-state index in [1.165, 1.54) is 0 Å². The number of rotatable bonds is 7. The Kier molecular flexibility index (Phi) is 6.70. The highest BCUT2D eigenvalue weighted by molar-refractivity contribution is 9.10. The van der Waals surface area contributed by atoms with Crippen molar-refractivity contribution in [3.8, 4) is 0 Å². The van der Waals surface area contributed by atoms with Crippen molar-refractivity contribution in [3.63, 3.8) is 0 Å². The highest BCUT2D eigenvalue weighted by Crippen LogP contribution is 2.17. The van der Waals surface area contributed by atoms with Crippen LogP contribution in [0.25, 0.3) is 0 Å². The first kappa shape index (κ1) is 16.0. The maximum absolute atomic E-state index is 12.0. The third kappa shape index (κ3) is 5.30. The van der Waals surface area contributed by atoms with Crippen LogP contribution < -0.4 is 5.73 Å². The number of benzene rings is 1. The molecule has 1 aromatic carbocycles. The van der Waals surface area contributed by atoms with Gasteiger partial charge in [0.25, 0.3) is 0 Å². The van der Waals surface area contributed by atoms with E-state index >= 15 is 0 Å². The third-order valence-electron chi connectivity index (χ3n) is 2.47. The summed E-state index contributed by atoms with van der Waals surface area (Å²) in [7, 11) is -3.15. The predicted molar refractivity (Wildman–Crippen MR) is 81.7 cm³/mol. The molecule has 3 nitrogen and oxygen atoms in total. The lowest BCUT2D eigenvalue weighted by Crippen LogP contribution is -2.14. The van der Waals surface area contributed by atoms with Crippen molar-refractivity contribution in [3.05, 3.63) is 28.7 Å². The van der Waals surface area contributed by atoms with Gasteiger partial charge >= 0.3 is 0 Å². The van der Waals surface area contributed by atoms with Gasteiger partial charge in [0, 0.05) is 10.2 Å². The second kappa shape index (κ2) is 7.53. The zero-order valence-electron chi connectivity index (χ0n) is 10.3. The van der Waals surface area contributed by atoms with E-state index in [0.717, 1.165) is 10.2 Å². The molecule has 0 saturated heterocycles. The molecule has 1 unspecified atom stereocenters. The van der Waals surface area contributed by atoms with Gasteiger partial charge in [-0.25, -0.2) is 8.42 Å². The number of sulfone groups is 1. The molecule has 18 heavy (non-hydrogen) atoms. The number of halogens is 1. The van der Waals surface area contributed by atoms with Gasteiger partial charge in [-0.1, -0.05) is 22.9 Å². The van der Waals surface area contributed by atoms with E-state index in [4.69, 9.17) is 5.73 Å². The van der Waals surface area contributed by atoms with Crippen LogP contribution in [0.15, 0.2) is 33.6 Å². The van der Waals surface area contributed by atoms with E-state index in [0.29, 0.717) is 23.1 Å². The van der Waals surface area contributed by atoms with Gasteiger partial charge in [0.05, 0.1) is 10.6 Å². The molecule has 0 aliphatic rings. The van der Waals surface area contributed by atoms with Gasteiger partial charge in [-0.2, -0.15) is 11.8 Å². The van der Waals surface area contributed by atoms with Crippen LogP contribution in [0.4, 0.5) is 0 Å². The van der Waals surface area contributed by atoms with Gasteiger partial charge in [0.2, 0.25) is 0 Å². The Morgan fingerprint density at radius 1 is 1.33 bits per heavy atom. The number of thioether (sulfide) groups is 1. The van der Waals surface area contributed by atoms with Gasteiger partial charge in [0.15, 0.2) is 9.84 Å². The average molecular weight is 352 g/mol. The SMILES string of the molecule is CC(CN)CSCCS(=O)(=O)c1ccc(Br)cc1. The summed E-state index contributed by atoms with van der Waals surface area (Å²) in [5.74, 6) is 2.14. The summed E-state index contributed by atoms with van der Waals surface area (Å²) in [6.45, 7) is 2.71. The fraction of sp³-hybridized carbons (Fsp3) is 0.500. The van der Waals surface area contributed by atoms with Crippen molar-refractivity contribution in [2.24, 2.45) is 11.7 Å². The van der Waals surface area contributed by atoms with E-state index in [1.54, 1.807) is 36.0 Å². The van der Waals surface area contributed by atoms with E-state index in [2.05, 4.69) is 22.9 Å². The Morgan fingerprint density at radius 3 is 2.50 bits per heavy atom. The quantitative estimate of drug-likeness (QED) is 0.766. The number of hydrogen-bond donors (Lipinski definition) is 1. The van der Waals surface area contributed by atoms with E-state index in [9.17, 15) is 8.42 Å². The smallest absolute Gasteiger partial charge is 0.179 e. The van der Waals surface area contributed by atoms with Crippen LogP contribution >= 0.6 is 27.7 Å². The van der Waals surface area contributed by atoms with Gasteiger partial charge < -0.3 is 5.73 Å². The van der Waals surface area contributed by atoms with Crippen LogP contribution in [0.2, 0.25) is 0 Å². The minimum absolute atomic E-state index is 0.177. The molecule has 1 rings (SSSR count). The molecule has 0 heterocycles. The van der Waals surface area contributed by atoms with Crippen molar-refractivity contribution in [1.29, 1.82) is 0 Å². The van der Waals surface area contributed by atoms with Crippen LogP contribution in [0.1, 0.15) is 6.92 Å². The van der Waals surface area contributed by atoms with Crippen molar-refractivity contribution in [1.82, 2.24) is 0 Å². The molecule has 2 N–H and O–H groups in total. The molecule has 6 heteroatoms. The van der Waals surface area contributed by atoms with Crippen LogP contribution in [0, 0.1) is 5.92 Å². The minimum Gasteiger partial charge on any atom is -0.330 e. The average Bonchev–Trinajstić information content (AvgIpc) is 2.35. The summed E-state index contributed by atoms with van der Waals surface area (Å²) < 4.78 is 24.9. The first-order chi connectivity index (χ1) is 8.45. The van der Waals surface area contributed by atoms with Crippen molar-refractivity contribution in [2.45, 2.75) is 11.8 Å². The second-order valence-corrected chi connectivity index (χ2v) is 8.36. The highest BCUT2D eigenvalue weighted by atomic mass is 79.9. The second-order valence-electron chi connectivity index (χ2n) is 4.19. The summed E-state index contributed by atoms with van der Waals surface area (Å²) in [6, 6.07) is 6.76. The summed E-state index contributed by atoms with van der Waals surface area (Å²) in [5.41, 5.74) is 5.51. The Balaban J connectivity index is 2.48. The molecular weight excluding hydrogens is 334 g/mol. The molecular formula is C12H18BrNO2S2. The van der Waals surface area contributed by atoms with Crippen molar-refractivity contribution >= 4 is 37.5 Å².